The maximum absolute atomic E-state index is 5.56. The standard InChI is InChI=1S/C5H4BrClN2S/c1-10-4-2-3(6)8-5(7)9-4/h2H,1H3. The number of rotatable bonds is 1. The Hall–Kier alpha value is 0.200. The second-order valence-electron chi connectivity index (χ2n) is 1.50. The summed E-state index contributed by atoms with van der Waals surface area (Å²) in [7, 11) is 0. The molecule has 1 rings (SSSR count). The first-order chi connectivity index (χ1) is 4.72. The van der Waals surface area contributed by atoms with Crippen LogP contribution < -0.4 is 0 Å². The van der Waals surface area contributed by atoms with Gasteiger partial charge in [0.2, 0.25) is 5.28 Å². The summed E-state index contributed by atoms with van der Waals surface area (Å²) in [5, 5.41) is 1.14. The van der Waals surface area contributed by atoms with Crippen LogP contribution in [0.5, 0.6) is 0 Å². The van der Waals surface area contributed by atoms with Crippen molar-refractivity contribution in [2.45, 2.75) is 5.03 Å². The second kappa shape index (κ2) is 3.55. The van der Waals surface area contributed by atoms with Crippen molar-refractivity contribution in [2.75, 3.05) is 6.26 Å². The van der Waals surface area contributed by atoms with Gasteiger partial charge in [-0.1, -0.05) is 0 Å². The summed E-state index contributed by atoms with van der Waals surface area (Å²) in [4.78, 5) is 7.78. The van der Waals surface area contributed by atoms with E-state index in [0.717, 1.165) is 9.63 Å². The summed E-state index contributed by atoms with van der Waals surface area (Å²) in [6.45, 7) is 0. The van der Waals surface area contributed by atoms with Crippen molar-refractivity contribution in [3.63, 3.8) is 0 Å². The molecule has 0 spiro atoms. The molecule has 0 atom stereocenters. The van der Waals surface area contributed by atoms with Crippen LogP contribution in [0.4, 0.5) is 0 Å². The molecule has 54 valence electrons. The van der Waals surface area contributed by atoms with Gasteiger partial charge in [-0.2, -0.15) is 0 Å². The van der Waals surface area contributed by atoms with E-state index in [1.807, 2.05) is 12.3 Å². The van der Waals surface area contributed by atoms with Crippen LogP contribution in [0.3, 0.4) is 0 Å². The SMILES string of the molecule is CSc1cc(Br)nc(Cl)n1. The first kappa shape index (κ1) is 8.30. The topological polar surface area (TPSA) is 25.8 Å². The Balaban J connectivity index is 3.06. The molecule has 0 unspecified atom stereocenters. The Morgan fingerprint density at radius 1 is 1.60 bits per heavy atom. The zero-order chi connectivity index (χ0) is 7.56. The molecule has 0 amide bonds. The predicted octanol–water partition coefficient (Wildman–Crippen LogP) is 2.61. The molecule has 0 saturated heterocycles. The van der Waals surface area contributed by atoms with Gasteiger partial charge in [0.25, 0.3) is 0 Å². The number of hydrogen-bond acceptors (Lipinski definition) is 3. The summed E-state index contributed by atoms with van der Waals surface area (Å²) < 4.78 is 0.719. The molecule has 0 aliphatic rings. The van der Waals surface area contributed by atoms with Crippen LogP contribution in [0.25, 0.3) is 0 Å². The van der Waals surface area contributed by atoms with Gasteiger partial charge in [-0.15, -0.1) is 11.8 Å². The smallest absolute Gasteiger partial charge is 0.211 e. The van der Waals surface area contributed by atoms with E-state index in [4.69, 9.17) is 11.6 Å². The lowest BCUT2D eigenvalue weighted by Crippen LogP contribution is -1.84. The summed E-state index contributed by atoms with van der Waals surface area (Å²) >= 11 is 10.3. The molecule has 0 radical (unpaired) electrons. The van der Waals surface area contributed by atoms with Crippen LogP contribution in [-0.4, -0.2) is 16.2 Å². The molecule has 1 heterocycles. The predicted molar refractivity (Wildman–Crippen MR) is 46.5 cm³/mol. The van der Waals surface area contributed by atoms with E-state index in [1.165, 1.54) is 11.8 Å². The summed E-state index contributed by atoms with van der Waals surface area (Å²) in [6, 6.07) is 1.82. The fourth-order valence-electron chi connectivity index (χ4n) is 0.475. The van der Waals surface area contributed by atoms with Gasteiger partial charge in [0.15, 0.2) is 0 Å². The third-order valence-corrected chi connectivity index (χ3v) is 2.06. The van der Waals surface area contributed by atoms with Gasteiger partial charge in [0, 0.05) is 6.07 Å². The number of hydrogen-bond donors (Lipinski definition) is 0. The monoisotopic (exact) mass is 238 g/mol. The Bertz CT molecular complexity index is 223. The van der Waals surface area contributed by atoms with Gasteiger partial charge in [0.05, 0.1) is 0 Å². The van der Waals surface area contributed by atoms with E-state index in [-0.39, 0.29) is 5.28 Å². The van der Waals surface area contributed by atoms with Crippen LogP contribution in [0, 0.1) is 0 Å². The average Bonchev–Trinajstić information content (AvgIpc) is 1.85. The van der Waals surface area contributed by atoms with E-state index in [9.17, 15) is 0 Å². The summed E-state index contributed by atoms with van der Waals surface area (Å²) in [6.07, 6.45) is 1.94. The van der Waals surface area contributed by atoms with Crippen molar-refractivity contribution in [3.05, 3.63) is 16.0 Å². The normalized spacial score (nSPS) is 9.90. The molecule has 5 heteroatoms. The Morgan fingerprint density at radius 3 is 2.80 bits per heavy atom. The maximum atomic E-state index is 5.56. The second-order valence-corrected chi connectivity index (χ2v) is 3.48. The van der Waals surface area contributed by atoms with Gasteiger partial charge in [-0.25, -0.2) is 9.97 Å². The number of aromatic nitrogens is 2. The third kappa shape index (κ3) is 2.11. The van der Waals surface area contributed by atoms with E-state index in [1.54, 1.807) is 0 Å². The molecular formula is C5H4BrClN2S. The van der Waals surface area contributed by atoms with Crippen molar-refractivity contribution in [1.82, 2.24) is 9.97 Å². The molecule has 0 aliphatic heterocycles. The molecule has 2 nitrogen and oxygen atoms in total. The Morgan fingerprint density at radius 2 is 2.30 bits per heavy atom. The molecule has 0 bridgehead atoms. The first-order valence-corrected chi connectivity index (χ1v) is 4.86. The first-order valence-electron chi connectivity index (χ1n) is 2.46. The average molecular weight is 240 g/mol. The van der Waals surface area contributed by atoms with Crippen molar-refractivity contribution < 1.29 is 0 Å². The van der Waals surface area contributed by atoms with Crippen LogP contribution in [0.2, 0.25) is 5.28 Å². The zero-order valence-electron chi connectivity index (χ0n) is 5.14. The van der Waals surface area contributed by atoms with Gasteiger partial charge < -0.3 is 0 Å². The third-order valence-electron chi connectivity index (χ3n) is 0.853. The van der Waals surface area contributed by atoms with Crippen molar-refractivity contribution in [1.29, 1.82) is 0 Å². The van der Waals surface area contributed by atoms with E-state index < -0.39 is 0 Å². The largest absolute Gasteiger partial charge is 0.224 e. The molecule has 1 aromatic rings. The van der Waals surface area contributed by atoms with E-state index in [0.29, 0.717) is 0 Å². The molecule has 0 aromatic carbocycles. The summed E-state index contributed by atoms with van der Waals surface area (Å²) in [5.74, 6) is 0. The van der Waals surface area contributed by atoms with Crippen LogP contribution in [0.15, 0.2) is 15.7 Å². The molecule has 0 saturated carbocycles. The van der Waals surface area contributed by atoms with Gasteiger partial charge in [-0.3, -0.25) is 0 Å². The molecule has 0 N–H and O–H groups in total. The quantitative estimate of drug-likeness (QED) is 0.428. The molecule has 0 aliphatic carbocycles. The highest BCUT2D eigenvalue weighted by molar-refractivity contribution is 9.10. The lowest BCUT2D eigenvalue weighted by molar-refractivity contribution is 1.03. The molecule has 0 fully saturated rings. The lowest BCUT2D eigenvalue weighted by Gasteiger charge is -1.95. The number of thioether (sulfide) groups is 1. The Kier molecular flexibility index (Phi) is 2.95. The summed E-state index contributed by atoms with van der Waals surface area (Å²) in [5.41, 5.74) is 0. The van der Waals surface area contributed by atoms with Gasteiger partial charge in [-0.05, 0) is 33.8 Å². The fourth-order valence-corrected chi connectivity index (χ4v) is 1.75. The minimum absolute atomic E-state index is 0.277. The van der Waals surface area contributed by atoms with Crippen molar-refractivity contribution >= 4 is 39.3 Å². The molecule has 1 aromatic heterocycles. The highest BCUT2D eigenvalue weighted by Gasteiger charge is 1.97. The fraction of sp³-hybridized carbons (Fsp3) is 0.200. The van der Waals surface area contributed by atoms with Crippen LogP contribution >= 0.6 is 39.3 Å². The van der Waals surface area contributed by atoms with Gasteiger partial charge >= 0.3 is 0 Å². The highest BCUT2D eigenvalue weighted by atomic mass is 79.9. The minimum Gasteiger partial charge on any atom is -0.211 e. The van der Waals surface area contributed by atoms with E-state index >= 15 is 0 Å². The molecule has 10 heavy (non-hydrogen) atoms. The van der Waals surface area contributed by atoms with Crippen LogP contribution in [-0.2, 0) is 0 Å². The Labute approximate surface area is 76.5 Å². The zero-order valence-corrected chi connectivity index (χ0v) is 8.29. The van der Waals surface area contributed by atoms with Gasteiger partial charge in [0.1, 0.15) is 9.63 Å². The van der Waals surface area contributed by atoms with E-state index in [2.05, 4.69) is 25.9 Å². The van der Waals surface area contributed by atoms with Crippen molar-refractivity contribution in [3.8, 4) is 0 Å². The van der Waals surface area contributed by atoms with Crippen LogP contribution in [0.1, 0.15) is 0 Å². The number of halogens is 2. The molecular weight excluding hydrogens is 235 g/mol. The van der Waals surface area contributed by atoms with Crippen molar-refractivity contribution in [2.24, 2.45) is 0 Å². The maximum Gasteiger partial charge on any atom is 0.224 e. The lowest BCUT2D eigenvalue weighted by atomic mass is 10.7. The highest BCUT2D eigenvalue weighted by Crippen LogP contribution is 2.17. The number of nitrogens with zero attached hydrogens (tertiary/aromatic N) is 2. The minimum atomic E-state index is 0.277.